The first-order valence-corrected chi connectivity index (χ1v) is 7.78. The Morgan fingerprint density at radius 1 is 1.28 bits per heavy atom. The number of carbonyl (C=O) groups excluding carboxylic acids is 3. The summed E-state index contributed by atoms with van der Waals surface area (Å²) in [7, 11) is 2.44. The number of urea groups is 1. The molecular weight excluding hydrogens is 326 g/mol. The number of hydrogen-bond donors (Lipinski definition) is 2. The number of rotatable bonds is 5. The van der Waals surface area contributed by atoms with Gasteiger partial charge in [0.1, 0.15) is 5.70 Å². The summed E-state index contributed by atoms with van der Waals surface area (Å²) >= 11 is 0. The van der Waals surface area contributed by atoms with Crippen LogP contribution in [0, 0.1) is 6.92 Å². The van der Waals surface area contributed by atoms with E-state index < -0.39 is 11.9 Å². The number of methoxy groups -OCH3 is 2. The highest BCUT2D eigenvalue weighted by Gasteiger charge is 2.22. The maximum Gasteiger partial charge on any atom is 0.354 e. The smallest absolute Gasteiger partial charge is 0.354 e. The van der Waals surface area contributed by atoms with E-state index in [1.54, 1.807) is 17.0 Å². The van der Waals surface area contributed by atoms with Crippen LogP contribution >= 0.6 is 0 Å². The van der Waals surface area contributed by atoms with Crippen LogP contribution in [0.2, 0.25) is 0 Å². The molecule has 2 N–H and O–H groups in total. The molecule has 0 aromatic heterocycles. The average Bonchev–Trinajstić information content (AvgIpc) is 2.62. The van der Waals surface area contributed by atoms with Crippen molar-refractivity contribution < 1.29 is 23.9 Å². The van der Waals surface area contributed by atoms with Crippen molar-refractivity contribution in [2.24, 2.45) is 0 Å². The van der Waals surface area contributed by atoms with Crippen molar-refractivity contribution in [3.05, 3.63) is 35.5 Å². The minimum absolute atomic E-state index is 0.0577. The van der Waals surface area contributed by atoms with Crippen molar-refractivity contribution in [2.75, 3.05) is 37.5 Å². The van der Waals surface area contributed by atoms with Gasteiger partial charge in [-0.3, -0.25) is 4.90 Å². The summed E-state index contributed by atoms with van der Waals surface area (Å²) in [6.07, 6.45) is 1.87. The Balaban J connectivity index is 2.34. The fraction of sp³-hybridized carbons (Fsp3) is 0.353. The highest BCUT2D eigenvalue weighted by molar-refractivity contribution is 5.99. The van der Waals surface area contributed by atoms with Gasteiger partial charge in [-0.1, -0.05) is 6.07 Å². The third kappa shape index (κ3) is 4.28. The van der Waals surface area contributed by atoms with Crippen LogP contribution in [0.4, 0.5) is 16.2 Å². The minimum atomic E-state index is -0.703. The third-order valence-electron chi connectivity index (χ3n) is 3.81. The average molecular weight is 347 g/mol. The molecule has 0 bridgehead atoms. The summed E-state index contributed by atoms with van der Waals surface area (Å²) in [4.78, 5) is 37.1. The molecule has 1 aromatic carbocycles. The number of anilines is 2. The molecule has 1 aliphatic heterocycles. The van der Waals surface area contributed by atoms with Crippen LogP contribution in [-0.2, 0) is 19.1 Å². The number of carbonyl (C=O) groups is 3. The van der Waals surface area contributed by atoms with Gasteiger partial charge >= 0.3 is 18.0 Å². The second kappa shape index (κ2) is 8.18. The van der Waals surface area contributed by atoms with Gasteiger partial charge in [0.15, 0.2) is 0 Å². The van der Waals surface area contributed by atoms with Gasteiger partial charge < -0.3 is 20.1 Å². The van der Waals surface area contributed by atoms with Gasteiger partial charge in [-0.2, -0.15) is 0 Å². The van der Waals surface area contributed by atoms with Crippen LogP contribution in [-0.4, -0.2) is 45.3 Å². The van der Waals surface area contributed by atoms with Crippen molar-refractivity contribution in [3.63, 3.8) is 0 Å². The predicted molar refractivity (Wildman–Crippen MR) is 92.3 cm³/mol. The largest absolute Gasteiger partial charge is 0.466 e. The maximum atomic E-state index is 12.1. The summed E-state index contributed by atoms with van der Waals surface area (Å²) in [5.74, 6) is -1.39. The molecule has 1 fully saturated rings. The first-order chi connectivity index (χ1) is 12.0. The van der Waals surface area contributed by atoms with Gasteiger partial charge in [-0.25, -0.2) is 14.4 Å². The quantitative estimate of drug-likeness (QED) is 0.620. The minimum Gasteiger partial charge on any atom is -0.466 e. The van der Waals surface area contributed by atoms with Crippen molar-refractivity contribution >= 4 is 29.3 Å². The Morgan fingerprint density at radius 2 is 2.04 bits per heavy atom. The number of amides is 2. The molecule has 0 spiro atoms. The summed E-state index contributed by atoms with van der Waals surface area (Å²) in [5, 5.41) is 5.68. The molecule has 1 heterocycles. The van der Waals surface area contributed by atoms with Crippen LogP contribution in [0.3, 0.4) is 0 Å². The van der Waals surface area contributed by atoms with Crippen molar-refractivity contribution in [3.8, 4) is 0 Å². The molecule has 1 saturated heterocycles. The zero-order valence-electron chi connectivity index (χ0n) is 14.4. The number of nitrogens with zero attached hydrogens (tertiary/aromatic N) is 1. The molecule has 8 nitrogen and oxygen atoms in total. The van der Waals surface area contributed by atoms with Crippen molar-refractivity contribution in [1.29, 1.82) is 0 Å². The lowest BCUT2D eigenvalue weighted by Crippen LogP contribution is -2.46. The fourth-order valence-corrected chi connectivity index (χ4v) is 2.49. The van der Waals surface area contributed by atoms with Crippen LogP contribution in [0.1, 0.15) is 12.0 Å². The lowest BCUT2D eigenvalue weighted by Gasteiger charge is -2.29. The van der Waals surface area contributed by atoms with Crippen molar-refractivity contribution in [1.82, 2.24) is 5.32 Å². The second-order valence-corrected chi connectivity index (χ2v) is 5.38. The van der Waals surface area contributed by atoms with E-state index in [4.69, 9.17) is 0 Å². The van der Waals surface area contributed by atoms with E-state index in [-0.39, 0.29) is 11.7 Å². The van der Waals surface area contributed by atoms with Crippen LogP contribution < -0.4 is 15.5 Å². The van der Waals surface area contributed by atoms with E-state index in [0.29, 0.717) is 18.8 Å². The number of ether oxygens (including phenoxy) is 2. The lowest BCUT2D eigenvalue weighted by atomic mass is 10.1. The lowest BCUT2D eigenvalue weighted by molar-refractivity contribution is -0.138. The van der Waals surface area contributed by atoms with Gasteiger partial charge in [-0.15, -0.1) is 0 Å². The molecule has 0 unspecified atom stereocenters. The molecule has 134 valence electrons. The van der Waals surface area contributed by atoms with Gasteiger partial charge in [-0.05, 0) is 31.0 Å². The summed E-state index contributed by atoms with van der Waals surface area (Å²) < 4.78 is 9.23. The molecule has 2 rings (SSSR count). The molecule has 1 aromatic rings. The zero-order valence-corrected chi connectivity index (χ0v) is 14.4. The Hall–Kier alpha value is -3.03. The molecular formula is C17H21N3O5. The molecule has 0 radical (unpaired) electrons. The molecule has 2 amide bonds. The molecule has 25 heavy (non-hydrogen) atoms. The standard InChI is InChI=1S/C17H21N3O5/c1-11-12(19-13(16(22)25-3)10-15(21)24-2)6-4-7-14(11)20-9-5-8-18-17(20)23/h4,6-7,10,19H,5,8-9H2,1-3H3,(H,18,23)/b13-10+. The first-order valence-electron chi connectivity index (χ1n) is 7.78. The highest BCUT2D eigenvalue weighted by Crippen LogP contribution is 2.28. The SMILES string of the molecule is COC(=O)/C=C(/Nc1cccc(N2CCCNC2=O)c1C)C(=O)OC. The molecule has 1 aliphatic rings. The molecule has 8 heteroatoms. The van der Waals surface area contributed by atoms with Gasteiger partial charge in [0.25, 0.3) is 0 Å². The van der Waals surface area contributed by atoms with Gasteiger partial charge in [0, 0.05) is 18.8 Å². The first kappa shape index (κ1) is 18.3. The number of esters is 2. The number of benzene rings is 1. The molecule has 0 atom stereocenters. The molecule has 0 aliphatic carbocycles. The topological polar surface area (TPSA) is 97.0 Å². The third-order valence-corrected chi connectivity index (χ3v) is 3.81. The van der Waals surface area contributed by atoms with E-state index in [1.807, 2.05) is 13.0 Å². The Morgan fingerprint density at radius 3 is 2.68 bits per heavy atom. The maximum absolute atomic E-state index is 12.1. The monoisotopic (exact) mass is 347 g/mol. The predicted octanol–water partition coefficient (Wildman–Crippen LogP) is 1.56. The van der Waals surface area contributed by atoms with E-state index in [0.717, 1.165) is 23.7 Å². The highest BCUT2D eigenvalue weighted by atomic mass is 16.5. The summed E-state index contributed by atoms with van der Waals surface area (Å²) in [6, 6.07) is 5.17. The Bertz CT molecular complexity index is 714. The van der Waals surface area contributed by atoms with Gasteiger partial charge in [0.2, 0.25) is 0 Å². The molecule has 0 saturated carbocycles. The Kier molecular flexibility index (Phi) is 5.99. The van der Waals surface area contributed by atoms with Crippen LogP contribution in [0.5, 0.6) is 0 Å². The number of hydrogen-bond acceptors (Lipinski definition) is 6. The van der Waals surface area contributed by atoms with E-state index in [2.05, 4.69) is 20.1 Å². The van der Waals surface area contributed by atoms with E-state index in [1.165, 1.54) is 14.2 Å². The Labute approximate surface area is 145 Å². The van der Waals surface area contributed by atoms with Crippen LogP contribution in [0.25, 0.3) is 0 Å². The van der Waals surface area contributed by atoms with E-state index in [9.17, 15) is 14.4 Å². The fourth-order valence-electron chi connectivity index (χ4n) is 2.49. The summed E-state index contributed by atoms with van der Waals surface area (Å²) in [6.45, 7) is 3.09. The normalized spacial score (nSPS) is 14.6. The second-order valence-electron chi connectivity index (χ2n) is 5.38. The van der Waals surface area contributed by atoms with Gasteiger partial charge in [0.05, 0.1) is 26.0 Å². The van der Waals surface area contributed by atoms with E-state index >= 15 is 0 Å². The number of nitrogens with one attached hydrogen (secondary N) is 2. The van der Waals surface area contributed by atoms with Crippen molar-refractivity contribution in [2.45, 2.75) is 13.3 Å². The summed E-state index contributed by atoms with van der Waals surface area (Å²) in [5.41, 5.74) is 2.01. The zero-order chi connectivity index (χ0) is 18.4. The van der Waals surface area contributed by atoms with Crippen LogP contribution in [0.15, 0.2) is 30.0 Å².